The average molecular weight is 352 g/mol. The first-order valence-corrected chi connectivity index (χ1v) is 9.87. The molecule has 0 spiro atoms. The van der Waals surface area contributed by atoms with Gasteiger partial charge in [-0.3, -0.25) is 4.79 Å². The number of nitrogens with zero attached hydrogens (tertiary/aromatic N) is 3. The molecule has 7 nitrogen and oxygen atoms in total. The van der Waals surface area contributed by atoms with Gasteiger partial charge in [0.05, 0.1) is 0 Å². The summed E-state index contributed by atoms with van der Waals surface area (Å²) in [6.07, 6.45) is 3.72. The number of hydrogen-bond donors (Lipinski definition) is 1. The zero-order valence-corrected chi connectivity index (χ0v) is 14.5. The SMILES string of the molecule is NS(=O)(=O)N1CCN(C(=O)c2ccc(N3CCCCC3)cc2)CC1. The Labute approximate surface area is 143 Å². The molecular weight excluding hydrogens is 328 g/mol. The molecule has 0 aliphatic carbocycles. The van der Waals surface area contributed by atoms with Crippen molar-refractivity contribution in [2.24, 2.45) is 5.14 Å². The third-order valence-electron chi connectivity index (χ3n) is 4.72. The Hall–Kier alpha value is -1.64. The van der Waals surface area contributed by atoms with E-state index in [0.29, 0.717) is 18.7 Å². The van der Waals surface area contributed by atoms with Crippen LogP contribution in [-0.4, -0.2) is 62.8 Å². The molecule has 0 aromatic heterocycles. The van der Waals surface area contributed by atoms with Gasteiger partial charge in [-0.15, -0.1) is 0 Å². The molecule has 2 fully saturated rings. The second kappa shape index (κ2) is 7.08. The Morgan fingerprint density at radius 3 is 2.00 bits per heavy atom. The summed E-state index contributed by atoms with van der Waals surface area (Å²) in [4.78, 5) is 16.6. The summed E-state index contributed by atoms with van der Waals surface area (Å²) in [5, 5.41) is 5.12. The monoisotopic (exact) mass is 352 g/mol. The van der Waals surface area contributed by atoms with Gasteiger partial charge in [-0.25, -0.2) is 5.14 Å². The predicted molar refractivity (Wildman–Crippen MR) is 93.1 cm³/mol. The van der Waals surface area contributed by atoms with Crippen LogP contribution in [0.2, 0.25) is 0 Å². The van der Waals surface area contributed by atoms with Crippen molar-refractivity contribution in [1.29, 1.82) is 0 Å². The first kappa shape index (κ1) is 17.2. The molecule has 1 aromatic rings. The number of piperazine rings is 1. The van der Waals surface area contributed by atoms with Gasteiger partial charge < -0.3 is 9.80 Å². The van der Waals surface area contributed by atoms with E-state index in [0.717, 1.165) is 18.8 Å². The second-order valence-electron chi connectivity index (χ2n) is 6.33. The van der Waals surface area contributed by atoms with E-state index in [1.165, 1.54) is 23.6 Å². The molecule has 2 saturated heterocycles. The van der Waals surface area contributed by atoms with Crippen LogP contribution in [0.25, 0.3) is 0 Å². The molecule has 2 aliphatic rings. The lowest BCUT2D eigenvalue weighted by atomic mass is 10.1. The quantitative estimate of drug-likeness (QED) is 0.865. The molecule has 0 unspecified atom stereocenters. The maximum Gasteiger partial charge on any atom is 0.277 e. The van der Waals surface area contributed by atoms with Gasteiger partial charge in [0, 0.05) is 50.5 Å². The fourth-order valence-corrected chi connectivity index (χ4v) is 3.97. The molecule has 2 aliphatic heterocycles. The first-order valence-electron chi connectivity index (χ1n) is 8.37. The highest BCUT2D eigenvalue weighted by molar-refractivity contribution is 7.86. The van der Waals surface area contributed by atoms with Crippen LogP contribution < -0.4 is 10.0 Å². The van der Waals surface area contributed by atoms with Gasteiger partial charge in [0.25, 0.3) is 16.1 Å². The standard InChI is InChI=1S/C16H24N4O3S/c17-24(22,23)20-12-10-19(11-13-20)16(21)14-4-6-15(7-5-14)18-8-2-1-3-9-18/h4-7H,1-3,8-13H2,(H2,17,22,23). The van der Waals surface area contributed by atoms with Crippen LogP contribution >= 0.6 is 0 Å². The van der Waals surface area contributed by atoms with Gasteiger partial charge in [0.2, 0.25) is 0 Å². The molecule has 3 rings (SSSR count). The predicted octanol–water partition coefficient (Wildman–Crippen LogP) is 0.638. The smallest absolute Gasteiger partial charge is 0.277 e. The van der Waals surface area contributed by atoms with E-state index in [-0.39, 0.29) is 19.0 Å². The average Bonchev–Trinajstić information content (AvgIpc) is 2.61. The molecule has 24 heavy (non-hydrogen) atoms. The maximum atomic E-state index is 12.6. The molecule has 0 bridgehead atoms. The van der Waals surface area contributed by atoms with Crippen LogP contribution in [0.3, 0.4) is 0 Å². The van der Waals surface area contributed by atoms with Crippen molar-refractivity contribution in [1.82, 2.24) is 9.21 Å². The normalized spacial score (nSPS) is 20.2. The summed E-state index contributed by atoms with van der Waals surface area (Å²) in [5.74, 6) is -0.0609. The van der Waals surface area contributed by atoms with Crippen LogP contribution in [0.1, 0.15) is 29.6 Å². The number of carbonyl (C=O) groups is 1. The summed E-state index contributed by atoms with van der Waals surface area (Å²) in [6.45, 7) is 3.37. The van der Waals surface area contributed by atoms with E-state index in [9.17, 15) is 13.2 Å². The van der Waals surface area contributed by atoms with E-state index in [1.54, 1.807) is 4.90 Å². The van der Waals surface area contributed by atoms with Crippen LogP contribution in [0.5, 0.6) is 0 Å². The largest absolute Gasteiger partial charge is 0.372 e. The molecule has 1 amide bonds. The number of benzene rings is 1. The minimum Gasteiger partial charge on any atom is -0.372 e. The van der Waals surface area contributed by atoms with Gasteiger partial charge in [-0.2, -0.15) is 12.7 Å². The number of anilines is 1. The maximum absolute atomic E-state index is 12.6. The molecule has 0 atom stereocenters. The van der Waals surface area contributed by atoms with Crippen LogP contribution in [0, 0.1) is 0 Å². The van der Waals surface area contributed by atoms with E-state index < -0.39 is 10.2 Å². The van der Waals surface area contributed by atoms with E-state index in [4.69, 9.17) is 5.14 Å². The molecule has 2 N–H and O–H groups in total. The van der Waals surface area contributed by atoms with Gasteiger partial charge in [-0.05, 0) is 43.5 Å². The second-order valence-corrected chi connectivity index (χ2v) is 7.88. The molecular formula is C16H24N4O3S. The third-order valence-corrected chi connectivity index (χ3v) is 5.81. The minimum absolute atomic E-state index is 0.0609. The van der Waals surface area contributed by atoms with Crippen molar-refractivity contribution >= 4 is 21.8 Å². The van der Waals surface area contributed by atoms with Crippen molar-refractivity contribution in [3.63, 3.8) is 0 Å². The fraction of sp³-hybridized carbons (Fsp3) is 0.562. The van der Waals surface area contributed by atoms with Crippen molar-refractivity contribution < 1.29 is 13.2 Å². The van der Waals surface area contributed by atoms with Crippen molar-refractivity contribution in [2.45, 2.75) is 19.3 Å². The Bertz CT molecular complexity index is 676. The summed E-state index contributed by atoms with van der Waals surface area (Å²) in [7, 11) is -3.67. The van der Waals surface area contributed by atoms with Gasteiger partial charge in [0.15, 0.2) is 0 Å². The number of amides is 1. The zero-order chi connectivity index (χ0) is 17.2. The summed E-state index contributed by atoms with van der Waals surface area (Å²) < 4.78 is 23.8. The van der Waals surface area contributed by atoms with Crippen molar-refractivity contribution in [3.05, 3.63) is 29.8 Å². The Kier molecular flexibility index (Phi) is 5.07. The Morgan fingerprint density at radius 2 is 1.46 bits per heavy atom. The summed E-state index contributed by atoms with van der Waals surface area (Å²) in [5.41, 5.74) is 1.80. The summed E-state index contributed by atoms with van der Waals surface area (Å²) >= 11 is 0. The summed E-state index contributed by atoms with van der Waals surface area (Å²) in [6, 6.07) is 7.72. The third kappa shape index (κ3) is 3.88. The molecule has 132 valence electrons. The van der Waals surface area contributed by atoms with Gasteiger partial charge in [0.1, 0.15) is 0 Å². The minimum atomic E-state index is -3.67. The first-order chi connectivity index (χ1) is 11.4. The number of piperidine rings is 1. The number of hydrogen-bond acceptors (Lipinski definition) is 4. The molecule has 8 heteroatoms. The van der Waals surface area contributed by atoms with Crippen LogP contribution in [0.4, 0.5) is 5.69 Å². The van der Waals surface area contributed by atoms with Crippen molar-refractivity contribution in [2.75, 3.05) is 44.2 Å². The number of rotatable bonds is 3. The Morgan fingerprint density at radius 1 is 0.875 bits per heavy atom. The molecule has 2 heterocycles. The van der Waals surface area contributed by atoms with Gasteiger partial charge in [-0.1, -0.05) is 0 Å². The van der Waals surface area contributed by atoms with Crippen molar-refractivity contribution in [3.8, 4) is 0 Å². The van der Waals surface area contributed by atoms with E-state index in [2.05, 4.69) is 4.90 Å². The van der Waals surface area contributed by atoms with E-state index in [1.807, 2.05) is 24.3 Å². The van der Waals surface area contributed by atoms with Gasteiger partial charge >= 0.3 is 0 Å². The zero-order valence-electron chi connectivity index (χ0n) is 13.7. The highest BCUT2D eigenvalue weighted by Gasteiger charge is 2.27. The molecule has 1 aromatic carbocycles. The molecule has 0 saturated carbocycles. The topological polar surface area (TPSA) is 87.0 Å². The number of nitrogens with two attached hydrogens (primary N) is 1. The number of carbonyl (C=O) groups excluding carboxylic acids is 1. The molecule has 0 radical (unpaired) electrons. The van der Waals surface area contributed by atoms with E-state index >= 15 is 0 Å². The Balaban J connectivity index is 1.61. The van der Waals surface area contributed by atoms with Crippen LogP contribution in [-0.2, 0) is 10.2 Å². The lowest BCUT2D eigenvalue weighted by Gasteiger charge is -2.33. The highest BCUT2D eigenvalue weighted by Crippen LogP contribution is 2.21. The van der Waals surface area contributed by atoms with Crippen LogP contribution in [0.15, 0.2) is 24.3 Å². The lowest BCUT2D eigenvalue weighted by Crippen LogP contribution is -2.52. The lowest BCUT2D eigenvalue weighted by molar-refractivity contribution is 0.0698. The highest BCUT2D eigenvalue weighted by atomic mass is 32.2. The fourth-order valence-electron chi connectivity index (χ4n) is 3.30.